The minimum Gasteiger partial charge on any atom is -0.385 e. The van der Waals surface area contributed by atoms with Crippen LogP contribution in [0.3, 0.4) is 0 Å². The fourth-order valence-corrected chi connectivity index (χ4v) is 3.51. The largest absolute Gasteiger partial charge is 0.385 e. The van der Waals surface area contributed by atoms with Crippen LogP contribution in [0.25, 0.3) is 0 Å². The lowest BCUT2D eigenvalue weighted by atomic mass is 10.2. The number of aryl methyl sites for hydroxylation is 1. The highest BCUT2D eigenvalue weighted by atomic mass is 32.1. The third-order valence-electron chi connectivity index (χ3n) is 4.37. The van der Waals surface area contributed by atoms with E-state index in [1.54, 1.807) is 24.5 Å². The molecule has 2 aromatic rings. The Kier molecular flexibility index (Phi) is 10.3. The molecule has 0 bridgehead atoms. The van der Waals surface area contributed by atoms with Crippen LogP contribution in [0.2, 0.25) is 0 Å². The van der Waals surface area contributed by atoms with Crippen LogP contribution in [-0.4, -0.2) is 62.3 Å². The lowest BCUT2D eigenvalue weighted by molar-refractivity contribution is 0.0944. The second-order valence-electron chi connectivity index (χ2n) is 6.74. The van der Waals surface area contributed by atoms with Crippen LogP contribution in [0.15, 0.2) is 29.6 Å². The highest BCUT2D eigenvalue weighted by molar-refractivity contribution is 7.09. The summed E-state index contributed by atoms with van der Waals surface area (Å²) in [4.78, 5) is 31.2. The normalized spacial score (nSPS) is 10.6. The van der Waals surface area contributed by atoms with Gasteiger partial charge in [0.25, 0.3) is 5.91 Å². The average molecular weight is 435 g/mol. The Morgan fingerprint density at radius 1 is 1.13 bits per heavy atom. The summed E-state index contributed by atoms with van der Waals surface area (Å²) in [7, 11) is 3.26. The number of ether oxygens (including phenoxy) is 2. The first kappa shape index (κ1) is 23.8. The first-order valence-electron chi connectivity index (χ1n) is 9.87. The molecule has 1 heterocycles. The zero-order chi connectivity index (χ0) is 21.8. The number of nitrogens with zero attached hydrogens (tertiary/aromatic N) is 2. The van der Waals surface area contributed by atoms with Gasteiger partial charge < -0.3 is 25.0 Å². The maximum absolute atomic E-state index is 12.9. The number of urea groups is 1. The molecule has 164 valence electrons. The Hall–Kier alpha value is -2.49. The number of anilines is 1. The molecule has 0 spiro atoms. The second kappa shape index (κ2) is 12.9. The molecule has 3 amide bonds. The molecule has 2 N–H and O–H groups in total. The number of carbonyl (C=O) groups is 2. The van der Waals surface area contributed by atoms with Gasteiger partial charge in [0, 0.05) is 51.6 Å². The molecule has 0 aliphatic carbocycles. The fourth-order valence-electron chi connectivity index (χ4n) is 2.72. The summed E-state index contributed by atoms with van der Waals surface area (Å²) in [5.74, 6) is -0.219. The minimum atomic E-state index is -0.219. The van der Waals surface area contributed by atoms with E-state index in [1.807, 2.05) is 31.2 Å². The van der Waals surface area contributed by atoms with E-state index in [0.717, 1.165) is 17.7 Å². The van der Waals surface area contributed by atoms with E-state index in [0.29, 0.717) is 50.0 Å². The van der Waals surface area contributed by atoms with Crippen molar-refractivity contribution in [1.82, 2.24) is 15.2 Å². The molecule has 1 aromatic heterocycles. The van der Waals surface area contributed by atoms with Crippen molar-refractivity contribution in [2.75, 3.05) is 45.8 Å². The Labute approximate surface area is 181 Å². The molecule has 0 saturated heterocycles. The van der Waals surface area contributed by atoms with Gasteiger partial charge in [-0.3, -0.25) is 4.79 Å². The van der Waals surface area contributed by atoms with Crippen molar-refractivity contribution in [1.29, 1.82) is 0 Å². The van der Waals surface area contributed by atoms with E-state index >= 15 is 0 Å². The van der Waals surface area contributed by atoms with Crippen LogP contribution in [0, 0.1) is 6.92 Å². The van der Waals surface area contributed by atoms with E-state index in [1.165, 1.54) is 11.3 Å². The molecule has 0 aliphatic rings. The Balaban J connectivity index is 2.00. The molecular weight excluding hydrogens is 404 g/mol. The van der Waals surface area contributed by atoms with Crippen molar-refractivity contribution >= 4 is 29.0 Å². The number of aromatic nitrogens is 1. The predicted molar refractivity (Wildman–Crippen MR) is 118 cm³/mol. The molecule has 1 aromatic carbocycles. The molecule has 0 unspecified atom stereocenters. The molecule has 0 fully saturated rings. The van der Waals surface area contributed by atoms with Gasteiger partial charge in [-0.05, 0) is 31.4 Å². The SMILES string of the molecule is COCCCNC(=O)c1csc(CN(CCCOC)C(=O)Nc2ccccc2C)n1. The van der Waals surface area contributed by atoms with Crippen LogP contribution in [0.4, 0.5) is 10.5 Å². The van der Waals surface area contributed by atoms with Crippen LogP contribution in [0.1, 0.15) is 33.9 Å². The molecule has 0 atom stereocenters. The van der Waals surface area contributed by atoms with Crippen molar-refractivity contribution in [3.05, 3.63) is 45.9 Å². The quantitative estimate of drug-likeness (QED) is 0.500. The van der Waals surface area contributed by atoms with Gasteiger partial charge in [0.2, 0.25) is 0 Å². The summed E-state index contributed by atoms with van der Waals surface area (Å²) in [6.07, 6.45) is 1.45. The smallest absolute Gasteiger partial charge is 0.322 e. The number of benzene rings is 1. The number of carbonyl (C=O) groups excluding carboxylic acids is 2. The van der Waals surface area contributed by atoms with Gasteiger partial charge >= 0.3 is 6.03 Å². The molecule has 2 rings (SSSR count). The molecule has 0 saturated carbocycles. The predicted octanol–water partition coefficient (Wildman–Crippen LogP) is 3.29. The Morgan fingerprint density at radius 3 is 2.60 bits per heavy atom. The summed E-state index contributed by atoms with van der Waals surface area (Å²) < 4.78 is 10.1. The van der Waals surface area contributed by atoms with E-state index in [2.05, 4.69) is 15.6 Å². The first-order valence-corrected chi connectivity index (χ1v) is 10.7. The Morgan fingerprint density at radius 2 is 1.87 bits per heavy atom. The monoisotopic (exact) mass is 434 g/mol. The zero-order valence-electron chi connectivity index (χ0n) is 17.8. The molecule has 8 nitrogen and oxygen atoms in total. The van der Waals surface area contributed by atoms with E-state index < -0.39 is 0 Å². The van der Waals surface area contributed by atoms with Gasteiger partial charge in [0.15, 0.2) is 0 Å². The van der Waals surface area contributed by atoms with Gasteiger partial charge in [-0.15, -0.1) is 11.3 Å². The van der Waals surface area contributed by atoms with Crippen molar-refractivity contribution in [3.8, 4) is 0 Å². The van der Waals surface area contributed by atoms with Gasteiger partial charge in [0.1, 0.15) is 10.7 Å². The summed E-state index contributed by atoms with van der Waals surface area (Å²) >= 11 is 1.37. The summed E-state index contributed by atoms with van der Waals surface area (Å²) in [5.41, 5.74) is 2.13. The molecular formula is C21H30N4O4S. The molecule has 30 heavy (non-hydrogen) atoms. The summed E-state index contributed by atoms with van der Waals surface area (Å²) in [5, 5.41) is 8.20. The number of amides is 3. The zero-order valence-corrected chi connectivity index (χ0v) is 18.6. The Bertz CT molecular complexity index is 812. The average Bonchev–Trinajstić information content (AvgIpc) is 3.21. The second-order valence-corrected chi connectivity index (χ2v) is 7.68. The van der Waals surface area contributed by atoms with Crippen molar-refractivity contribution in [3.63, 3.8) is 0 Å². The standard InChI is InChI=1S/C21H30N4O4S/c1-16-8-4-5-9-17(16)24-21(27)25(11-7-13-29-3)14-19-23-18(15-30-19)20(26)22-10-6-12-28-2/h4-5,8-9,15H,6-7,10-14H2,1-3H3,(H,22,26)(H,24,27). The number of methoxy groups -OCH3 is 2. The van der Waals surface area contributed by atoms with Crippen molar-refractivity contribution in [2.45, 2.75) is 26.3 Å². The van der Waals surface area contributed by atoms with E-state index in [9.17, 15) is 9.59 Å². The number of rotatable bonds is 12. The highest BCUT2D eigenvalue weighted by Crippen LogP contribution is 2.17. The van der Waals surface area contributed by atoms with Crippen LogP contribution in [-0.2, 0) is 16.0 Å². The number of para-hydroxylation sites is 1. The number of nitrogens with one attached hydrogen (secondary N) is 2. The van der Waals surface area contributed by atoms with Gasteiger partial charge in [-0.2, -0.15) is 0 Å². The number of hydrogen-bond donors (Lipinski definition) is 2. The molecule has 0 aliphatic heterocycles. The third kappa shape index (κ3) is 7.74. The lowest BCUT2D eigenvalue weighted by Crippen LogP contribution is -2.36. The van der Waals surface area contributed by atoms with Gasteiger partial charge in [-0.25, -0.2) is 9.78 Å². The summed E-state index contributed by atoms with van der Waals surface area (Å²) in [6.45, 7) is 4.47. The molecule has 9 heteroatoms. The van der Waals surface area contributed by atoms with Crippen LogP contribution in [0.5, 0.6) is 0 Å². The van der Waals surface area contributed by atoms with Crippen molar-refractivity contribution in [2.24, 2.45) is 0 Å². The maximum atomic E-state index is 12.9. The van der Waals surface area contributed by atoms with E-state index in [4.69, 9.17) is 9.47 Å². The fraction of sp³-hybridized carbons (Fsp3) is 0.476. The first-order chi connectivity index (χ1) is 14.5. The lowest BCUT2D eigenvalue weighted by Gasteiger charge is -2.22. The summed E-state index contributed by atoms with van der Waals surface area (Å²) in [6, 6.07) is 7.43. The van der Waals surface area contributed by atoms with Gasteiger partial charge in [-0.1, -0.05) is 18.2 Å². The maximum Gasteiger partial charge on any atom is 0.322 e. The molecule has 0 radical (unpaired) electrons. The highest BCUT2D eigenvalue weighted by Gasteiger charge is 2.18. The third-order valence-corrected chi connectivity index (χ3v) is 5.21. The number of thiazole rings is 1. The topological polar surface area (TPSA) is 92.8 Å². The van der Waals surface area contributed by atoms with E-state index in [-0.39, 0.29) is 11.9 Å². The minimum absolute atomic E-state index is 0.207. The van der Waals surface area contributed by atoms with Gasteiger partial charge in [0.05, 0.1) is 6.54 Å². The number of hydrogen-bond acceptors (Lipinski definition) is 6. The van der Waals surface area contributed by atoms with Crippen molar-refractivity contribution < 1.29 is 19.1 Å². The van der Waals surface area contributed by atoms with Crippen LogP contribution >= 0.6 is 11.3 Å². The van der Waals surface area contributed by atoms with Crippen LogP contribution < -0.4 is 10.6 Å².